The summed E-state index contributed by atoms with van der Waals surface area (Å²) >= 11 is 0. The van der Waals surface area contributed by atoms with Crippen molar-refractivity contribution in [3.05, 3.63) is 0 Å². The van der Waals surface area contributed by atoms with E-state index in [1.807, 2.05) is 0 Å². The molecule has 4 nitrogen and oxygen atoms in total. The second-order valence-electron chi connectivity index (χ2n) is 6.93. The Kier molecular flexibility index (Phi) is 5.87. The summed E-state index contributed by atoms with van der Waals surface area (Å²) in [5, 5.41) is 0. The predicted octanol–water partition coefficient (Wildman–Crippen LogP) is 2.77. The Labute approximate surface area is 124 Å². The largest absolute Gasteiger partial charge is 0.279 e. The van der Waals surface area contributed by atoms with Gasteiger partial charge in [0.25, 0.3) is 10.2 Å². The zero-order valence-electron chi connectivity index (χ0n) is 13.0. The van der Waals surface area contributed by atoms with Gasteiger partial charge in [-0.05, 0) is 43.4 Å². The van der Waals surface area contributed by atoms with Gasteiger partial charge < -0.3 is 0 Å². The maximum atomic E-state index is 12.3. The maximum Gasteiger partial charge on any atom is 0.279 e. The van der Waals surface area contributed by atoms with E-state index in [4.69, 9.17) is 0 Å². The summed E-state index contributed by atoms with van der Waals surface area (Å²) in [6.45, 7) is 6.40. The molecule has 0 bridgehead atoms. The molecule has 1 N–H and O–H groups in total. The molecule has 118 valence electrons. The van der Waals surface area contributed by atoms with E-state index in [0.717, 1.165) is 25.2 Å². The SMILES string of the molecule is C[C@@H]1CCC[C@@H](CCNS(=O)(=O)N2CCC[C@@H](C)C2)C1. The monoisotopic (exact) mass is 302 g/mol. The van der Waals surface area contributed by atoms with Crippen LogP contribution in [-0.2, 0) is 10.2 Å². The quantitative estimate of drug-likeness (QED) is 0.849. The van der Waals surface area contributed by atoms with Crippen LogP contribution in [0.2, 0.25) is 0 Å². The first-order chi connectivity index (χ1) is 9.47. The van der Waals surface area contributed by atoms with Crippen LogP contribution >= 0.6 is 0 Å². The number of hydrogen-bond donors (Lipinski definition) is 1. The maximum absolute atomic E-state index is 12.3. The van der Waals surface area contributed by atoms with Crippen molar-refractivity contribution in [2.24, 2.45) is 17.8 Å². The zero-order chi connectivity index (χ0) is 14.6. The molecule has 20 heavy (non-hydrogen) atoms. The van der Waals surface area contributed by atoms with E-state index < -0.39 is 10.2 Å². The second kappa shape index (κ2) is 7.23. The summed E-state index contributed by atoms with van der Waals surface area (Å²) in [6, 6.07) is 0. The Bertz CT molecular complexity index is 397. The highest BCUT2D eigenvalue weighted by Gasteiger charge is 2.27. The van der Waals surface area contributed by atoms with E-state index in [-0.39, 0.29) is 0 Å². The minimum absolute atomic E-state index is 0.486. The van der Waals surface area contributed by atoms with E-state index in [1.54, 1.807) is 4.31 Å². The molecule has 0 spiro atoms. The van der Waals surface area contributed by atoms with Gasteiger partial charge in [-0.25, -0.2) is 4.72 Å². The molecule has 2 fully saturated rings. The lowest BCUT2D eigenvalue weighted by molar-refractivity contribution is 0.265. The third kappa shape index (κ3) is 4.71. The van der Waals surface area contributed by atoms with Gasteiger partial charge in [-0.3, -0.25) is 0 Å². The van der Waals surface area contributed by atoms with E-state index in [1.165, 1.54) is 25.7 Å². The van der Waals surface area contributed by atoms with Gasteiger partial charge in [-0.1, -0.05) is 33.1 Å². The van der Waals surface area contributed by atoms with Crippen molar-refractivity contribution in [2.45, 2.75) is 58.8 Å². The lowest BCUT2D eigenvalue weighted by atomic mass is 9.81. The van der Waals surface area contributed by atoms with Crippen LogP contribution in [0.5, 0.6) is 0 Å². The van der Waals surface area contributed by atoms with E-state index in [9.17, 15) is 8.42 Å². The first-order valence-corrected chi connectivity index (χ1v) is 9.66. The average Bonchev–Trinajstić information content (AvgIpc) is 2.38. The first kappa shape index (κ1) is 16.2. The molecule has 0 aromatic carbocycles. The molecule has 2 aliphatic rings. The van der Waals surface area contributed by atoms with Crippen LogP contribution in [0.4, 0.5) is 0 Å². The van der Waals surface area contributed by atoms with Crippen molar-refractivity contribution >= 4 is 10.2 Å². The highest BCUT2D eigenvalue weighted by molar-refractivity contribution is 7.87. The van der Waals surface area contributed by atoms with Crippen LogP contribution in [0.3, 0.4) is 0 Å². The van der Waals surface area contributed by atoms with Gasteiger partial charge in [0.05, 0.1) is 0 Å². The van der Waals surface area contributed by atoms with Crippen LogP contribution in [-0.4, -0.2) is 32.4 Å². The molecule has 0 aromatic rings. The van der Waals surface area contributed by atoms with Gasteiger partial charge >= 0.3 is 0 Å². The molecular weight excluding hydrogens is 272 g/mol. The Hall–Kier alpha value is -0.130. The predicted molar refractivity (Wildman–Crippen MR) is 82.6 cm³/mol. The highest BCUT2D eigenvalue weighted by atomic mass is 32.2. The number of piperidine rings is 1. The molecule has 0 unspecified atom stereocenters. The van der Waals surface area contributed by atoms with E-state index >= 15 is 0 Å². The van der Waals surface area contributed by atoms with Crippen LogP contribution in [0.15, 0.2) is 0 Å². The summed E-state index contributed by atoms with van der Waals surface area (Å²) in [6.07, 6.45) is 8.31. The smallest absolute Gasteiger partial charge is 0.202 e. The molecule has 0 aromatic heterocycles. The molecular formula is C15H30N2O2S. The molecule has 1 aliphatic carbocycles. The van der Waals surface area contributed by atoms with Crippen molar-refractivity contribution in [1.29, 1.82) is 0 Å². The molecule has 1 heterocycles. The molecule has 1 saturated heterocycles. The first-order valence-electron chi connectivity index (χ1n) is 8.22. The zero-order valence-corrected chi connectivity index (χ0v) is 13.8. The Morgan fingerprint density at radius 3 is 2.55 bits per heavy atom. The van der Waals surface area contributed by atoms with Crippen molar-refractivity contribution in [3.63, 3.8) is 0 Å². The molecule has 3 atom stereocenters. The Morgan fingerprint density at radius 2 is 1.85 bits per heavy atom. The van der Waals surface area contributed by atoms with Gasteiger partial charge in [0.1, 0.15) is 0 Å². The van der Waals surface area contributed by atoms with Gasteiger partial charge in [0.2, 0.25) is 0 Å². The minimum atomic E-state index is -3.25. The second-order valence-corrected chi connectivity index (χ2v) is 8.69. The highest BCUT2D eigenvalue weighted by Crippen LogP contribution is 2.30. The number of nitrogens with zero attached hydrogens (tertiary/aromatic N) is 1. The summed E-state index contributed by atoms with van der Waals surface area (Å²) < 4.78 is 28.9. The summed E-state index contributed by atoms with van der Waals surface area (Å²) in [5.41, 5.74) is 0. The fourth-order valence-electron chi connectivity index (χ4n) is 3.67. The van der Waals surface area contributed by atoms with Crippen LogP contribution < -0.4 is 4.72 Å². The van der Waals surface area contributed by atoms with Crippen LogP contribution in [0.1, 0.15) is 58.8 Å². The fourth-order valence-corrected chi connectivity index (χ4v) is 5.05. The van der Waals surface area contributed by atoms with Crippen LogP contribution in [0, 0.1) is 17.8 Å². The van der Waals surface area contributed by atoms with Crippen LogP contribution in [0.25, 0.3) is 0 Å². The summed E-state index contributed by atoms with van der Waals surface area (Å²) in [7, 11) is -3.25. The number of rotatable bonds is 5. The van der Waals surface area contributed by atoms with Gasteiger partial charge in [-0.2, -0.15) is 12.7 Å². The van der Waals surface area contributed by atoms with Gasteiger partial charge in [0, 0.05) is 19.6 Å². The van der Waals surface area contributed by atoms with Crippen molar-refractivity contribution in [1.82, 2.24) is 9.03 Å². The molecule has 0 amide bonds. The average molecular weight is 302 g/mol. The lowest BCUT2D eigenvalue weighted by Crippen LogP contribution is -2.46. The fraction of sp³-hybridized carbons (Fsp3) is 1.00. The molecule has 0 radical (unpaired) electrons. The van der Waals surface area contributed by atoms with Crippen molar-refractivity contribution in [3.8, 4) is 0 Å². The topological polar surface area (TPSA) is 49.4 Å². The van der Waals surface area contributed by atoms with Gasteiger partial charge in [-0.15, -0.1) is 0 Å². The third-order valence-electron chi connectivity index (χ3n) is 4.84. The molecule has 1 aliphatic heterocycles. The summed E-state index contributed by atoms with van der Waals surface area (Å²) in [4.78, 5) is 0. The third-order valence-corrected chi connectivity index (χ3v) is 6.42. The van der Waals surface area contributed by atoms with E-state index in [2.05, 4.69) is 18.6 Å². The van der Waals surface area contributed by atoms with E-state index in [0.29, 0.717) is 31.5 Å². The minimum Gasteiger partial charge on any atom is -0.202 e. The van der Waals surface area contributed by atoms with Crippen molar-refractivity contribution < 1.29 is 8.42 Å². The van der Waals surface area contributed by atoms with Gasteiger partial charge in [0.15, 0.2) is 0 Å². The number of hydrogen-bond acceptors (Lipinski definition) is 2. The lowest BCUT2D eigenvalue weighted by Gasteiger charge is -2.30. The summed E-state index contributed by atoms with van der Waals surface area (Å²) in [5.74, 6) is 2.01. The molecule has 1 saturated carbocycles. The molecule has 5 heteroatoms. The molecule has 2 rings (SSSR count). The normalized spacial score (nSPS) is 33.2. The van der Waals surface area contributed by atoms with Crippen molar-refractivity contribution in [2.75, 3.05) is 19.6 Å². The Morgan fingerprint density at radius 1 is 1.10 bits per heavy atom. The number of nitrogens with one attached hydrogen (secondary N) is 1. The Balaban J connectivity index is 1.74. The standard InChI is InChI=1S/C15H30N2O2S/c1-13-5-3-7-15(11-13)8-9-16-20(18,19)17-10-4-6-14(2)12-17/h13-16H,3-12H2,1-2H3/t13-,14-,15+/m1/s1.